The maximum atomic E-state index is 2.53. The van der Waals surface area contributed by atoms with E-state index in [4.69, 9.17) is 0 Å². The van der Waals surface area contributed by atoms with Gasteiger partial charge in [0.2, 0.25) is 0 Å². The number of hydrogen-bond donors (Lipinski definition) is 0. The molecule has 240 valence electrons. The van der Waals surface area contributed by atoms with E-state index in [0.717, 1.165) is 25.7 Å². The minimum absolute atomic E-state index is 0.0320. The summed E-state index contributed by atoms with van der Waals surface area (Å²) in [5.74, 6) is 0. The van der Waals surface area contributed by atoms with Gasteiger partial charge in [-0.15, -0.1) is 0 Å². The fraction of sp³-hybridized carbons (Fsp3) is 0.160. The first kappa shape index (κ1) is 29.5. The summed E-state index contributed by atoms with van der Waals surface area (Å²) < 4.78 is 0. The summed E-state index contributed by atoms with van der Waals surface area (Å²) in [4.78, 5) is 0. The molecule has 0 saturated heterocycles. The molecule has 0 aliphatic heterocycles. The van der Waals surface area contributed by atoms with Gasteiger partial charge in [0, 0.05) is 0 Å². The van der Waals surface area contributed by atoms with Crippen molar-refractivity contribution < 1.29 is 0 Å². The molecule has 0 aliphatic carbocycles. The molecule has 0 N–H and O–H groups in total. The Balaban J connectivity index is 1.21. The third kappa shape index (κ3) is 4.58. The van der Waals surface area contributed by atoms with Gasteiger partial charge >= 0.3 is 0 Å². The zero-order chi connectivity index (χ0) is 33.6. The topological polar surface area (TPSA) is 0 Å². The van der Waals surface area contributed by atoms with Crippen LogP contribution in [0.3, 0.4) is 0 Å². The molecule has 10 aromatic rings. The second kappa shape index (κ2) is 11.0. The van der Waals surface area contributed by atoms with Crippen molar-refractivity contribution in [2.75, 3.05) is 0 Å². The first-order chi connectivity index (χ1) is 24.4. The Bertz CT molecular complexity index is 2870. The van der Waals surface area contributed by atoms with Crippen molar-refractivity contribution in [3.63, 3.8) is 0 Å². The zero-order valence-corrected chi connectivity index (χ0v) is 29.1. The monoisotopic (exact) mass is 640 g/mol. The normalized spacial score (nSPS) is 12.6. The van der Waals surface area contributed by atoms with Crippen LogP contribution in [0.1, 0.15) is 48.6 Å². The highest BCUT2D eigenvalue weighted by Gasteiger charge is 2.23. The Kier molecular flexibility index (Phi) is 6.49. The fourth-order valence-corrected chi connectivity index (χ4v) is 8.82. The van der Waals surface area contributed by atoms with Crippen molar-refractivity contribution in [1.29, 1.82) is 0 Å². The number of benzene rings is 8. The average molecular weight is 641 g/mol. The van der Waals surface area contributed by atoms with Crippen molar-refractivity contribution >= 4 is 75.4 Å². The number of hydrogen-bond acceptors (Lipinski definition) is 0. The molecular weight excluding hydrogens is 601 g/mol. The SMILES string of the molecule is CC(C)(C)c1cc2c3cc(CCc4ccccc4)ccc3c3cc4c(cc5c6ccc(CCc7ccccc7)cc6c6cccc4c65)c(c1)c23. The lowest BCUT2D eigenvalue weighted by Crippen LogP contribution is -2.10. The molecule has 10 aromatic carbocycles. The Labute approximate surface area is 293 Å². The maximum absolute atomic E-state index is 2.53. The Morgan fingerprint density at radius 3 is 1.20 bits per heavy atom. The van der Waals surface area contributed by atoms with Crippen molar-refractivity contribution in [3.8, 4) is 0 Å². The van der Waals surface area contributed by atoms with Crippen LogP contribution in [-0.2, 0) is 31.1 Å². The third-order valence-corrected chi connectivity index (χ3v) is 11.5. The van der Waals surface area contributed by atoms with Crippen LogP contribution in [0, 0.1) is 0 Å². The number of fused-ring (bicyclic) bond motifs is 9. The second-order valence-corrected chi connectivity index (χ2v) is 15.6. The number of aryl methyl sites for hydroxylation is 4. The summed E-state index contributed by atoms with van der Waals surface area (Å²) >= 11 is 0. The van der Waals surface area contributed by atoms with E-state index in [9.17, 15) is 0 Å². The van der Waals surface area contributed by atoms with E-state index in [0.29, 0.717) is 0 Å². The van der Waals surface area contributed by atoms with Crippen LogP contribution in [-0.4, -0.2) is 0 Å². The lowest BCUT2D eigenvalue weighted by Gasteiger charge is -2.21. The lowest BCUT2D eigenvalue weighted by atomic mass is 9.83. The summed E-state index contributed by atoms with van der Waals surface area (Å²) in [6.45, 7) is 7.06. The summed E-state index contributed by atoms with van der Waals surface area (Å²) in [6, 6.07) is 53.3. The van der Waals surface area contributed by atoms with Gasteiger partial charge in [-0.2, -0.15) is 0 Å². The molecule has 0 aromatic heterocycles. The highest BCUT2D eigenvalue weighted by atomic mass is 14.3. The van der Waals surface area contributed by atoms with E-state index in [1.165, 1.54) is 103 Å². The second-order valence-electron chi connectivity index (χ2n) is 15.6. The minimum Gasteiger partial charge on any atom is -0.0622 e. The van der Waals surface area contributed by atoms with Gasteiger partial charge in [0.1, 0.15) is 0 Å². The van der Waals surface area contributed by atoms with Crippen molar-refractivity contribution in [2.45, 2.75) is 51.9 Å². The van der Waals surface area contributed by atoms with Gasteiger partial charge in [0.15, 0.2) is 0 Å². The quantitative estimate of drug-likeness (QED) is 0.159. The van der Waals surface area contributed by atoms with Crippen molar-refractivity contribution in [2.24, 2.45) is 0 Å². The fourth-order valence-electron chi connectivity index (χ4n) is 8.82. The molecule has 0 spiro atoms. The van der Waals surface area contributed by atoms with Gasteiger partial charge in [0.05, 0.1) is 0 Å². The predicted molar refractivity (Wildman–Crippen MR) is 218 cm³/mol. The average Bonchev–Trinajstić information content (AvgIpc) is 3.63. The van der Waals surface area contributed by atoms with E-state index in [2.05, 4.69) is 160 Å². The van der Waals surface area contributed by atoms with E-state index < -0.39 is 0 Å². The van der Waals surface area contributed by atoms with E-state index in [1.54, 1.807) is 0 Å². The molecule has 0 aliphatic rings. The molecular formula is C50H40. The Hall–Kier alpha value is -5.46. The van der Waals surface area contributed by atoms with Gasteiger partial charge < -0.3 is 0 Å². The molecule has 0 fully saturated rings. The summed E-state index contributed by atoms with van der Waals surface area (Å²) in [5.41, 5.74) is 7.04. The first-order valence-corrected chi connectivity index (χ1v) is 18.3. The largest absolute Gasteiger partial charge is 0.0622 e. The van der Waals surface area contributed by atoms with Gasteiger partial charge in [-0.3, -0.25) is 0 Å². The Morgan fingerprint density at radius 1 is 0.300 bits per heavy atom. The molecule has 0 amide bonds. The highest BCUT2D eigenvalue weighted by Crippen LogP contribution is 2.48. The van der Waals surface area contributed by atoms with Crippen LogP contribution in [0.5, 0.6) is 0 Å². The van der Waals surface area contributed by atoms with Gasteiger partial charge in [-0.25, -0.2) is 0 Å². The van der Waals surface area contributed by atoms with E-state index in [-0.39, 0.29) is 5.41 Å². The van der Waals surface area contributed by atoms with E-state index >= 15 is 0 Å². The smallest absolute Gasteiger partial charge is 0.00197 e. The summed E-state index contributed by atoms with van der Waals surface area (Å²) in [5, 5.41) is 19.4. The van der Waals surface area contributed by atoms with Gasteiger partial charge in [-0.1, -0.05) is 136 Å². The molecule has 0 unspecified atom stereocenters. The zero-order valence-electron chi connectivity index (χ0n) is 29.1. The molecule has 0 heterocycles. The van der Waals surface area contributed by atoms with Crippen LogP contribution in [0.25, 0.3) is 75.4 Å². The standard InChI is InChI=1S/C50H40/c1-50(2,3)35-27-44-41-26-34(20-18-32-13-8-5-9-14-32)22-24-37(41)47-29-42-39-16-10-15-38-40-25-33(19-17-31-11-6-4-7-12-31)21-23-36(40)46(48(38)39)30-43(42)45(28-35)49(44)47/h4-16,21-30H,17-20H2,1-3H3. The van der Waals surface area contributed by atoms with Crippen LogP contribution >= 0.6 is 0 Å². The lowest BCUT2D eigenvalue weighted by molar-refractivity contribution is 0.592. The summed E-state index contributed by atoms with van der Waals surface area (Å²) in [7, 11) is 0. The van der Waals surface area contributed by atoms with Crippen LogP contribution in [0.2, 0.25) is 0 Å². The van der Waals surface area contributed by atoms with Crippen LogP contribution in [0.15, 0.2) is 140 Å². The van der Waals surface area contributed by atoms with Crippen molar-refractivity contribution in [3.05, 3.63) is 167 Å². The van der Waals surface area contributed by atoms with Crippen molar-refractivity contribution in [1.82, 2.24) is 0 Å². The third-order valence-electron chi connectivity index (χ3n) is 11.5. The molecule has 0 heteroatoms. The molecule has 0 bridgehead atoms. The van der Waals surface area contributed by atoms with Crippen LogP contribution in [0.4, 0.5) is 0 Å². The first-order valence-electron chi connectivity index (χ1n) is 18.3. The van der Waals surface area contributed by atoms with Crippen LogP contribution < -0.4 is 0 Å². The summed E-state index contributed by atoms with van der Waals surface area (Å²) in [6.07, 6.45) is 4.21. The molecule has 10 rings (SSSR count). The molecule has 0 saturated carbocycles. The molecule has 0 radical (unpaired) electrons. The van der Waals surface area contributed by atoms with Gasteiger partial charge in [0.25, 0.3) is 0 Å². The predicted octanol–water partition coefficient (Wildman–Crippen LogP) is 13.5. The Morgan fingerprint density at radius 2 is 0.700 bits per heavy atom. The molecule has 0 atom stereocenters. The van der Waals surface area contributed by atoms with Gasteiger partial charge in [-0.05, 0) is 159 Å². The maximum Gasteiger partial charge on any atom is -0.00197 e. The minimum atomic E-state index is 0.0320. The highest BCUT2D eigenvalue weighted by molar-refractivity contribution is 6.41. The number of rotatable bonds is 6. The molecule has 0 nitrogen and oxygen atoms in total. The van der Waals surface area contributed by atoms with E-state index in [1.807, 2.05) is 0 Å². The molecule has 50 heavy (non-hydrogen) atoms.